The third-order valence-corrected chi connectivity index (χ3v) is 6.55. The van der Waals surface area contributed by atoms with Crippen LogP contribution in [0.2, 0.25) is 5.02 Å². The van der Waals surface area contributed by atoms with Gasteiger partial charge in [0, 0.05) is 31.0 Å². The Labute approximate surface area is 234 Å². The molecule has 0 saturated carbocycles. The lowest BCUT2D eigenvalue weighted by Gasteiger charge is -2.34. The molecule has 1 saturated heterocycles. The van der Waals surface area contributed by atoms with Crippen LogP contribution >= 0.6 is 11.6 Å². The average molecular weight is 594 g/mol. The van der Waals surface area contributed by atoms with E-state index >= 15 is 0 Å². The lowest BCUT2D eigenvalue weighted by molar-refractivity contribution is -0.192. The van der Waals surface area contributed by atoms with Crippen LogP contribution in [0.25, 0.3) is 11.2 Å². The molecule has 1 aliphatic rings. The Morgan fingerprint density at radius 2 is 2.07 bits per heavy atom. The van der Waals surface area contributed by atoms with Gasteiger partial charge in [-0.25, -0.2) is 18.8 Å². The molecule has 0 radical (unpaired) electrons. The first-order chi connectivity index (χ1) is 19.3. The third-order valence-electron chi connectivity index (χ3n) is 6.26. The number of piperidine rings is 1. The van der Waals surface area contributed by atoms with Crippen LogP contribution in [0.3, 0.4) is 0 Å². The van der Waals surface area contributed by atoms with Gasteiger partial charge in [-0.3, -0.25) is 4.79 Å². The van der Waals surface area contributed by atoms with Crippen molar-refractivity contribution >= 4 is 46.3 Å². The van der Waals surface area contributed by atoms with Crippen LogP contribution in [0.4, 0.5) is 24.8 Å². The first-order valence-electron chi connectivity index (χ1n) is 12.1. The molecule has 0 aromatic carbocycles. The number of amides is 1. The molecule has 0 bridgehead atoms. The van der Waals surface area contributed by atoms with Crippen LogP contribution in [0, 0.1) is 11.3 Å². The van der Waals surface area contributed by atoms with E-state index in [0.717, 1.165) is 6.42 Å². The molecule has 1 unspecified atom stereocenters. The number of hydrogen-bond donors (Lipinski definition) is 4. The highest BCUT2D eigenvalue weighted by Crippen LogP contribution is 2.35. The van der Waals surface area contributed by atoms with Crippen LogP contribution in [0.5, 0.6) is 0 Å². The van der Waals surface area contributed by atoms with Crippen molar-refractivity contribution in [2.24, 2.45) is 0 Å². The molecule has 41 heavy (non-hydrogen) atoms. The summed E-state index contributed by atoms with van der Waals surface area (Å²) in [5.74, 6) is -2.45. The molecule has 216 valence electrons. The van der Waals surface area contributed by atoms with Gasteiger partial charge in [-0.15, -0.1) is 5.10 Å². The number of carboxylic acids is 1. The summed E-state index contributed by atoms with van der Waals surface area (Å²) in [5, 5.41) is 38.8. The average Bonchev–Trinajstić information content (AvgIpc) is 3.49. The monoisotopic (exact) mass is 593 g/mol. The number of halogens is 4. The SMILES string of the molecule is CC(NC(=O)c1c(N)nn2cccnc12)c1cc(Cl)c2c(C#N)cnn2c1N1CCC[C@H](O)C1.O=C(O)C(F)(F)F. The van der Waals surface area contributed by atoms with E-state index in [2.05, 4.69) is 26.6 Å². The first-order valence-corrected chi connectivity index (χ1v) is 12.4. The Hall–Kier alpha value is -4.62. The van der Waals surface area contributed by atoms with Crippen LogP contribution in [0.1, 0.15) is 47.3 Å². The van der Waals surface area contributed by atoms with Gasteiger partial charge in [-0.1, -0.05) is 11.6 Å². The number of nitriles is 1. The van der Waals surface area contributed by atoms with Crippen LogP contribution in [0.15, 0.2) is 30.7 Å². The van der Waals surface area contributed by atoms with Gasteiger partial charge >= 0.3 is 12.1 Å². The Morgan fingerprint density at radius 1 is 1.37 bits per heavy atom. The molecule has 0 spiro atoms. The number of nitrogen functional groups attached to an aromatic ring is 1. The number of aromatic nitrogens is 5. The van der Waals surface area contributed by atoms with E-state index in [1.54, 1.807) is 29.0 Å². The lowest BCUT2D eigenvalue weighted by Crippen LogP contribution is -2.40. The highest BCUT2D eigenvalue weighted by Gasteiger charge is 2.38. The normalized spacial score (nSPS) is 16.1. The predicted molar refractivity (Wildman–Crippen MR) is 139 cm³/mol. The molecule has 4 aromatic heterocycles. The number of carboxylic acid groups (broad SMARTS) is 1. The number of alkyl halides is 3. The second-order valence-corrected chi connectivity index (χ2v) is 9.50. The number of fused-ring (bicyclic) bond motifs is 2. The van der Waals surface area contributed by atoms with Crippen molar-refractivity contribution in [2.45, 2.75) is 38.1 Å². The predicted octanol–water partition coefficient (Wildman–Crippen LogP) is 2.57. The number of carbonyl (C=O) groups is 2. The highest BCUT2D eigenvalue weighted by atomic mass is 35.5. The number of pyridine rings is 1. The molecule has 13 nitrogen and oxygen atoms in total. The summed E-state index contributed by atoms with van der Waals surface area (Å²) < 4.78 is 34.8. The minimum Gasteiger partial charge on any atom is -0.475 e. The molecule has 5 rings (SSSR count). The number of nitrogens with one attached hydrogen (secondary N) is 1. The van der Waals surface area contributed by atoms with E-state index in [4.69, 9.17) is 27.2 Å². The summed E-state index contributed by atoms with van der Waals surface area (Å²) in [5.41, 5.74) is 8.06. The minimum absolute atomic E-state index is 0.0713. The number of aliphatic hydroxyl groups excluding tert-OH is 1. The number of aliphatic carboxylic acids is 1. The molecule has 0 aliphatic carbocycles. The van der Waals surface area contributed by atoms with Gasteiger partial charge in [0.15, 0.2) is 11.5 Å². The molecule has 17 heteroatoms. The molecular formula is C24H23ClF3N9O4. The van der Waals surface area contributed by atoms with E-state index in [9.17, 15) is 28.3 Å². The quantitative estimate of drug-likeness (QED) is 0.274. The Kier molecular flexibility index (Phi) is 8.22. The van der Waals surface area contributed by atoms with Crippen LogP contribution in [-0.2, 0) is 4.79 Å². The molecule has 1 fully saturated rings. The largest absolute Gasteiger partial charge is 0.490 e. The number of carbonyl (C=O) groups excluding carboxylic acids is 1. The number of nitrogens with zero attached hydrogens (tertiary/aromatic N) is 7. The number of β-amino-alcohol motifs (C(OH)–C–C–N with tert-alkyl or cyclic N) is 1. The summed E-state index contributed by atoms with van der Waals surface area (Å²) in [6, 6.07) is 5.03. The molecule has 5 heterocycles. The van der Waals surface area contributed by atoms with E-state index < -0.39 is 30.2 Å². The summed E-state index contributed by atoms with van der Waals surface area (Å²) in [6.07, 6.45) is 0.614. The van der Waals surface area contributed by atoms with Crippen LogP contribution in [-0.4, -0.2) is 71.7 Å². The maximum Gasteiger partial charge on any atom is 0.490 e. The van der Waals surface area contributed by atoms with Crippen molar-refractivity contribution in [3.8, 4) is 6.07 Å². The zero-order valence-corrected chi connectivity index (χ0v) is 22.1. The molecule has 1 aliphatic heterocycles. The Bertz CT molecular complexity index is 1660. The third kappa shape index (κ3) is 5.95. The van der Waals surface area contributed by atoms with E-state index in [1.165, 1.54) is 10.7 Å². The van der Waals surface area contributed by atoms with Crippen molar-refractivity contribution < 1.29 is 33.0 Å². The zero-order chi connectivity index (χ0) is 30.1. The van der Waals surface area contributed by atoms with Gasteiger partial charge in [0.2, 0.25) is 0 Å². The van der Waals surface area contributed by atoms with Gasteiger partial charge < -0.3 is 26.2 Å². The van der Waals surface area contributed by atoms with Gasteiger partial charge in [0.25, 0.3) is 5.91 Å². The van der Waals surface area contributed by atoms with Gasteiger partial charge in [-0.05, 0) is 31.9 Å². The second kappa shape index (κ2) is 11.5. The summed E-state index contributed by atoms with van der Waals surface area (Å²) in [7, 11) is 0. The van der Waals surface area contributed by atoms with Crippen molar-refractivity contribution in [3.05, 3.63) is 52.4 Å². The van der Waals surface area contributed by atoms with Crippen molar-refractivity contribution in [1.29, 1.82) is 5.26 Å². The fourth-order valence-electron chi connectivity index (χ4n) is 4.46. The molecular weight excluding hydrogens is 571 g/mol. The maximum atomic E-state index is 13.2. The first kappa shape index (κ1) is 29.4. The minimum atomic E-state index is -5.08. The fourth-order valence-corrected chi connectivity index (χ4v) is 4.76. The number of rotatable bonds is 4. The van der Waals surface area contributed by atoms with Crippen molar-refractivity contribution in [2.75, 3.05) is 23.7 Å². The van der Waals surface area contributed by atoms with E-state index in [1.807, 2.05) is 11.8 Å². The zero-order valence-electron chi connectivity index (χ0n) is 21.3. The van der Waals surface area contributed by atoms with Crippen molar-refractivity contribution in [3.63, 3.8) is 0 Å². The lowest BCUT2D eigenvalue weighted by atomic mass is 10.0. The molecule has 5 N–H and O–H groups in total. The maximum absolute atomic E-state index is 13.2. The summed E-state index contributed by atoms with van der Waals surface area (Å²) in [4.78, 5) is 28.4. The van der Waals surface area contributed by atoms with Crippen molar-refractivity contribution in [1.82, 2.24) is 29.5 Å². The number of anilines is 2. The smallest absolute Gasteiger partial charge is 0.475 e. The fraction of sp³-hybridized carbons (Fsp3) is 0.333. The standard InChI is InChI=1S/C22H22ClN9O2.C2HF3O2/c1-12(28-21(34)17-19(25)29-31-7-3-5-26-20(17)31)15-8-16(23)18-13(9-24)10-27-32(18)22(15)30-6-2-4-14(33)11-30;3-2(4,5)1(6)7/h3,5,7-8,10,12,14,33H,2,4,6,11H2,1H3,(H2,25,29)(H,28,34);(H,6,7)/t12?,14-;/m0./s1. The topological polar surface area (TPSA) is 187 Å². The molecule has 4 aromatic rings. The highest BCUT2D eigenvalue weighted by molar-refractivity contribution is 6.34. The Morgan fingerprint density at radius 3 is 2.71 bits per heavy atom. The molecule has 1 amide bonds. The summed E-state index contributed by atoms with van der Waals surface area (Å²) >= 11 is 6.57. The summed E-state index contributed by atoms with van der Waals surface area (Å²) in [6.45, 7) is 2.91. The number of hydrogen-bond acceptors (Lipinski definition) is 9. The van der Waals surface area contributed by atoms with Gasteiger partial charge in [-0.2, -0.15) is 23.5 Å². The number of nitrogens with two attached hydrogens (primary N) is 1. The number of aliphatic hydroxyl groups is 1. The van der Waals surface area contributed by atoms with Gasteiger partial charge in [0.1, 0.15) is 23.0 Å². The van der Waals surface area contributed by atoms with Gasteiger partial charge in [0.05, 0.1) is 28.9 Å². The second-order valence-electron chi connectivity index (χ2n) is 9.09. The molecule has 2 atom stereocenters. The van der Waals surface area contributed by atoms with E-state index in [0.29, 0.717) is 52.6 Å². The van der Waals surface area contributed by atoms with E-state index in [-0.39, 0.29) is 11.4 Å². The Balaban J connectivity index is 0.000000493. The van der Waals surface area contributed by atoms with Crippen LogP contribution < -0.4 is 16.0 Å².